The molecule has 0 aliphatic carbocycles. The number of benzene rings is 1. The molecule has 0 saturated carbocycles. The lowest BCUT2D eigenvalue weighted by atomic mass is 10.2. The maximum Gasteiger partial charge on any atom is 0.323 e. The number of pyridine rings is 1. The molecule has 1 fully saturated rings. The van der Waals surface area contributed by atoms with Crippen molar-refractivity contribution in [2.24, 2.45) is 5.73 Å². The first-order chi connectivity index (χ1) is 14.9. The summed E-state index contributed by atoms with van der Waals surface area (Å²) in [5, 5.41) is 5.64. The molecule has 1 aliphatic rings. The van der Waals surface area contributed by atoms with Gasteiger partial charge in [-0.2, -0.15) is 0 Å². The van der Waals surface area contributed by atoms with Crippen LogP contribution in [0.25, 0.3) is 0 Å². The number of methoxy groups -OCH3 is 1. The number of nitrogens with zero attached hydrogens (tertiary/aromatic N) is 3. The molecule has 31 heavy (non-hydrogen) atoms. The Kier molecular flexibility index (Phi) is 7.27. The number of urea groups is 1. The van der Waals surface area contributed by atoms with Crippen LogP contribution in [0.4, 0.5) is 10.5 Å². The molecule has 0 spiro atoms. The molecule has 0 bridgehead atoms. The number of hydrogen-bond donors (Lipinski definition) is 3. The standard InChI is InChI=1S/C20H23ClN6O4/c1-31-15-5-3-14(4-6-15)25-20(30)27-11-10-26(18(27)17(28)23-9-8-22)19(29)13-2-7-16(21)24-12-13/h2-7,12,18H,8-11,22H2,1H3,(H,23,28)(H,25,30). The lowest BCUT2D eigenvalue weighted by Crippen LogP contribution is -2.55. The third-order valence-electron chi connectivity index (χ3n) is 4.69. The molecule has 11 heteroatoms. The largest absolute Gasteiger partial charge is 0.497 e. The molecule has 1 atom stereocenters. The SMILES string of the molecule is COc1ccc(NC(=O)N2CCN(C(=O)c3ccc(Cl)nc3)C2C(=O)NCCN)cc1. The number of carbonyl (C=O) groups excluding carboxylic acids is 3. The molecule has 1 aromatic heterocycles. The molecule has 3 rings (SSSR count). The van der Waals surface area contributed by atoms with Crippen molar-refractivity contribution >= 4 is 35.1 Å². The van der Waals surface area contributed by atoms with Gasteiger partial charge in [-0.1, -0.05) is 11.6 Å². The van der Waals surface area contributed by atoms with Gasteiger partial charge in [0.25, 0.3) is 11.8 Å². The number of hydrogen-bond acceptors (Lipinski definition) is 6. The van der Waals surface area contributed by atoms with Crippen LogP contribution in [0.5, 0.6) is 5.75 Å². The van der Waals surface area contributed by atoms with Crippen LogP contribution in [0.15, 0.2) is 42.6 Å². The predicted octanol–water partition coefficient (Wildman–Crippen LogP) is 1.13. The third kappa shape index (κ3) is 5.22. The number of nitrogens with two attached hydrogens (primary N) is 1. The van der Waals surface area contributed by atoms with Gasteiger partial charge in [0, 0.05) is 38.1 Å². The molecule has 2 aromatic rings. The molecule has 164 valence electrons. The fraction of sp³-hybridized carbons (Fsp3) is 0.300. The van der Waals surface area contributed by atoms with Gasteiger partial charge in [-0.05, 0) is 36.4 Å². The zero-order valence-corrected chi connectivity index (χ0v) is 17.6. The Balaban J connectivity index is 1.80. The number of aromatic nitrogens is 1. The number of rotatable bonds is 6. The highest BCUT2D eigenvalue weighted by molar-refractivity contribution is 6.29. The van der Waals surface area contributed by atoms with Crippen LogP contribution < -0.4 is 21.1 Å². The van der Waals surface area contributed by atoms with Crippen LogP contribution >= 0.6 is 11.6 Å². The number of nitrogens with one attached hydrogen (secondary N) is 2. The van der Waals surface area contributed by atoms with Crippen LogP contribution in [-0.2, 0) is 4.79 Å². The number of anilines is 1. The summed E-state index contributed by atoms with van der Waals surface area (Å²) in [6.07, 6.45) is 0.201. The Bertz CT molecular complexity index is 938. The second kappa shape index (κ2) is 10.1. The van der Waals surface area contributed by atoms with E-state index in [-0.39, 0.29) is 36.9 Å². The molecule has 1 unspecified atom stereocenters. The average Bonchev–Trinajstić information content (AvgIpc) is 3.23. The van der Waals surface area contributed by atoms with Crippen molar-refractivity contribution in [3.8, 4) is 5.75 Å². The van der Waals surface area contributed by atoms with Gasteiger partial charge < -0.3 is 26.0 Å². The van der Waals surface area contributed by atoms with E-state index in [0.717, 1.165) is 0 Å². The molecular weight excluding hydrogens is 424 g/mol. The van der Waals surface area contributed by atoms with Gasteiger partial charge in [0.15, 0.2) is 6.17 Å². The average molecular weight is 447 g/mol. The van der Waals surface area contributed by atoms with Gasteiger partial charge in [-0.3, -0.25) is 14.5 Å². The molecule has 4 amide bonds. The van der Waals surface area contributed by atoms with E-state index in [0.29, 0.717) is 11.4 Å². The van der Waals surface area contributed by atoms with Crippen molar-refractivity contribution < 1.29 is 19.1 Å². The van der Waals surface area contributed by atoms with Crippen molar-refractivity contribution in [1.82, 2.24) is 20.1 Å². The molecule has 4 N–H and O–H groups in total. The Hall–Kier alpha value is -3.37. The van der Waals surface area contributed by atoms with E-state index in [1.807, 2.05) is 0 Å². The first-order valence-corrected chi connectivity index (χ1v) is 9.94. The summed E-state index contributed by atoms with van der Waals surface area (Å²) >= 11 is 5.79. The molecule has 1 aliphatic heterocycles. The van der Waals surface area contributed by atoms with E-state index in [1.54, 1.807) is 31.4 Å². The Labute approximate surface area is 184 Å². The lowest BCUT2D eigenvalue weighted by molar-refractivity contribution is -0.127. The maximum absolute atomic E-state index is 13.0. The van der Waals surface area contributed by atoms with Crippen LogP contribution in [0, 0.1) is 0 Å². The fourth-order valence-corrected chi connectivity index (χ4v) is 3.27. The van der Waals surface area contributed by atoms with E-state index < -0.39 is 24.0 Å². The minimum atomic E-state index is -1.13. The number of ether oxygens (including phenoxy) is 1. The van der Waals surface area contributed by atoms with Crippen LogP contribution in [-0.4, -0.2) is 72.1 Å². The zero-order valence-electron chi connectivity index (χ0n) is 16.9. The first-order valence-electron chi connectivity index (χ1n) is 9.56. The fourth-order valence-electron chi connectivity index (χ4n) is 3.16. The predicted molar refractivity (Wildman–Crippen MR) is 115 cm³/mol. The van der Waals surface area contributed by atoms with Gasteiger partial charge in [0.2, 0.25) is 0 Å². The quantitative estimate of drug-likeness (QED) is 0.570. The van der Waals surface area contributed by atoms with Gasteiger partial charge in [0.1, 0.15) is 10.9 Å². The van der Waals surface area contributed by atoms with Crippen LogP contribution in [0.2, 0.25) is 5.15 Å². The van der Waals surface area contributed by atoms with Crippen molar-refractivity contribution in [3.05, 3.63) is 53.3 Å². The molecule has 10 nitrogen and oxygen atoms in total. The summed E-state index contributed by atoms with van der Waals surface area (Å²) in [5.41, 5.74) is 6.27. The minimum absolute atomic E-state index is 0.176. The van der Waals surface area contributed by atoms with E-state index in [9.17, 15) is 14.4 Å². The van der Waals surface area contributed by atoms with E-state index in [1.165, 1.54) is 28.1 Å². The molecule has 0 radical (unpaired) electrons. The molecule has 2 heterocycles. The summed E-state index contributed by atoms with van der Waals surface area (Å²) in [6, 6.07) is 9.26. The monoisotopic (exact) mass is 446 g/mol. The number of halogens is 1. The smallest absolute Gasteiger partial charge is 0.323 e. The topological polar surface area (TPSA) is 130 Å². The summed E-state index contributed by atoms with van der Waals surface area (Å²) in [7, 11) is 1.55. The highest BCUT2D eigenvalue weighted by Gasteiger charge is 2.43. The normalized spacial score (nSPS) is 15.5. The second-order valence-electron chi connectivity index (χ2n) is 6.67. The summed E-state index contributed by atoms with van der Waals surface area (Å²) in [4.78, 5) is 45.3. The van der Waals surface area contributed by atoms with Crippen molar-refractivity contribution in [2.45, 2.75) is 6.17 Å². The third-order valence-corrected chi connectivity index (χ3v) is 4.91. The summed E-state index contributed by atoms with van der Waals surface area (Å²) < 4.78 is 5.11. The number of amides is 4. The molecule has 1 aromatic carbocycles. The Morgan fingerprint density at radius 1 is 1.16 bits per heavy atom. The lowest BCUT2D eigenvalue weighted by Gasteiger charge is -2.29. The summed E-state index contributed by atoms with van der Waals surface area (Å²) in [5.74, 6) is -0.286. The van der Waals surface area contributed by atoms with Gasteiger partial charge in [0.05, 0.1) is 12.7 Å². The van der Waals surface area contributed by atoms with Crippen molar-refractivity contribution in [3.63, 3.8) is 0 Å². The summed E-state index contributed by atoms with van der Waals surface area (Å²) in [6.45, 7) is 0.799. The zero-order chi connectivity index (χ0) is 22.4. The van der Waals surface area contributed by atoms with Crippen LogP contribution in [0.1, 0.15) is 10.4 Å². The molecule has 1 saturated heterocycles. The Morgan fingerprint density at radius 2 is 1.87 bits per heavy atom. The highest BCUT2D eigenvalue weighted by Crippen LogP contribution is 2.21. The van der Waals surface area contributed by atoms with Crippen molar-refractivity contribution in [1.29, 1.82) is 0 Å². The number of carbonyl (C=O) groups is 3. The minimum Gasteiger partial charge on any atom is -0.497 e. The van der Waals surface area contributed by atoms with Crippen molar-refractivity contribution in [2.75, 3.05) is 38.6 Å². The second-order valence-corrected chi connectivity index (χ2v) is 7.06. The van der Waals surface area contributed by atoms with Gasteiger partial charge >= 0.3 is 6.03 Å². The van der Waals surface area contributed by atoms with Gasteiger partial charge in [-0.15, -0.1) is 0 Å². The van der Waals surface area contributed by atoms with E-state index in [2.05, 4.69) is 15.6 Å². The van der Waals surface area contributed by atoms with E-state index in [4.69, 9.17) is 22.1 Å². The van der Waals surface area contributed by atoms with Gasteiger partial charge in [-0.25, -0.2) is 9.78 Å². The van der Waals surface area contributed by atoms with Crippen LogP contribution in [0.3, 0.4) is 0 Å². The maximum atomic E-state index is 13.0. The first kappa shape index (κ1) is 22.3. The Morgan fingerprint density at radius 3 is 2.48 bits per heavy atom. The molecular formula is C20H23ClN6O4. The van der Waals surface area contributed by atoms with E-state index >= 15 is 0 Å². The highest BCUT2D eigenvalue weighted by atomic mass is 35.5.